The maximum absolute atomic E-state index is 10.7. The first-order valence-corrected chi connectivity index (χ1v) is 6.15. The Morgan fingerprint density at radius 2 is 2.10 bits per heavy atom. The second kappa shape index (κ2) is 6.04. The SMILES string of the molecule is N#Cc1cccc(CNc2ccc([N+](=O)[O-])c(Cl)c2)c1. The molecule has 0 saturated carbocycles. The maximum Gasteiger partial charge on any atom is 0.288 e. The highest BCUT2D eigenvalue weighted by Crippen LogP contribution is 2.27. The molecule has 0 radical (unpaired) electrons. The van der Waals surface area contributed by atoms with Crippen LogP contribution in [0.1, 0.15) is 11.1 Å². The van der Waals surface area contributed by atoms with E-state index >= 15 is 0 Å². The van der Waals surface area contributed by atoms with E-state index in [2.05, 4.69) is 11.4 Å². The summed E-state index contributed by atoms with van der Waals surface area (Å²) >= 11 is 5.83. The summed E-state index contributed by atoms with van der Waals surface area (Å²) in [6, 6.07) is 13.7. The highest BCUT2D eigenvalue weighted by Gasteiger charge is 2.11. The van der Waals surface area contributed by atoms with Gasteiger partial charge in [0, 0.05) is 18.3 Å². The number of hydrogen-bond acceptors (Lipinski definition) is 4. The van der Waals surface area contributed by atoms with Gasteiger partial charge in [-0.1, -0.05) is 23.7 Å². The summed E-state index contributed by atoms with van der Waals surface area (Å²) in [6.07, 6.45) is 0. The van der Waals surface area contributed by atoms with Crippen LogP contribution in [0.3, 0.4) is 0 Å². The van der Waals surface area contributed by atoms with E-state index in [1.54, 1.807) is 24.3 Å². The van der Waals surface area contributed by atoms with Crippen LogP contribution in [0, 0.1) is 21.4 Å². The molecule has 0 unspecified atom stereocenters. The number of nitro groups is 1. The average molecular weight is 288 g/mol. The van der Waals surface area contributed by atoms with E-state index < -0.39 is 4.92 Å². The zero-order valence-corrected chi connectivity index (χ0v) is 11.1. The molecule has 0 aliphatic carbocycles. The minimum atomic E-state index is -0.525. The number of hydrogen-bond donors (Lipinski definition) is 1. The molecule has 0 aliphatic rings. The Morgan fingerprint density at radius 1 is 1.30 bits per heavy atom. The molecule has 1 N–H and O–H groups in total. The largest absolute Gasteiger partial charge is 0.381 e. The molecule has 2 aromatic carbocycles. The lowest BCUT2D eigenvalue weighted by atomic mass is 10.1. The van der Waals surface area contributed by atoms with Crippen LogP contribution in [0.15, 0.2) is 42.5 Å². The van der Waals surface area contributed by atoms with E-state index in [0.29, 0.717) is 17.8 Å². The first kappa shape index (κ1) is 13.8. The van der Waals surface area contributed by atoms with E-state index in [1.807, 2.05) is 6.07 Å². The number of nitrogens with one attached hydrogen (secondary N) is 1. The minimum absolute atomic E-state index is 0.0887. The van der Waals surface area contributed by atoms with Gasteiger partial charge in [-0.3, -0.25) is 10.1 Å². The lowest BCUT2D eigenvalue weighted by Crippen LogP contribution is -2.00. The van der Waals surface area contributed by atoms with Crippen molar-refractivity contribution in [2.24, 2.45) is 0 Å². The monoisotopic (exact) mass is 287 g/mol. The summed E-state index contributed by atoms with van der Waals surface area (Å²) in [5.41, 5.74) is 2.09. The molecule has 0 bridgehead atoms. The lowest BCUT2D eigenvalue weighted by Gasteiger charge is -2.07. The van der Waals surface area contributed by atoms with Crippen LogP contribution >= 0.6 is 11.6 Å². The molecule has 0 aliphatic heterocycles. The van der Waals surface area contributed by atoms with Gasteiger partial charge < -0.3 is 5.32 Å². The standard InChI is InChI=1S/C14H10ClN3O2/c15-13-7-12(4-5-14(13)18(19)20)17-9-11-3-1-2-10(6-11)8-16/h1-7,17H,9H2. The Balaban J connectivity index is 2.09. The van der Waals surface area contributed by atoms with E-state index in [9.17, 15) is 10.1 Å². The van der Waals surface area contributed by atoms with E-state index in [4.69, 9.17) is 16.9 Å². The van der Waals surface area contributed by atoms with E-state index in [1.165, 1.54) is 12.1 Å². The number of nitriles is 1. The number of anilines is 1. The van der Waals surface area contributed by atoms with Crippen molar-refractivity contribution in [2.75, 3.05) is 5.32 Å². The third kappa shape index (κ3) is 3.25. The first-order chi connectivity index (χ1) is 9.60. The third-order valence-corrected chi connectivity index (χ3v) is 3.00. The topological polar surface area (TPSA) is 79.0 Å². The molecular formula is C14H10ClN3O2. The van der Waals surface area contributed by atoms with Gasteiger partial charge in [0.05, 0.1) is 16.6 Å². The summed E-state index contributed by atoms with van der Waals surface area (Å²) in [4.78, 5) is 10.1. The summed E-state index contributed by atoms with van der Waals surface area (Å²) in [5, 5.41) is 22.7. The molecule has 100 valence electrons. The number of nitro benzene ring substituents is 1. The van der Waals surface area contributed by atoms with Gasteiger partial charge in [-0.05, 0) is 29.8 Å². The molecule has 0 heterocycles. The van der Waals surface area contributed by atoms with Gasteiger partial charge in [-0.2, -0.15) is 5.26 Å². The molecule has 0 atom stereocenters. The van der Waals surface area contributed by atoms with Crippen molar-refractivity contribution in [1.82, 2.24) is 0 Å². The molecule has 0 fully saturated rings. The molecule has 0 aromatic heterocycles. The highest BCUT2D eigenvalue weighted by molar-refractivity contribution is 6.32. The van der Waals surface area contributed by atoms with Gasteiger partial charge in [0.25, 0.3) is 5.69 Å². The second-order valence-corrected chi connectivity index (χ2v) is 4.50. The van der Waals surface area contributed by atoms with Crippen molar-refractivity contribution in [3.8, 4) is 6.07 Å². The molecule has 6 heteroatoms. The predicted molar refractivity (Wildman–Crippen MR) is 76.6 cm³/mol. The van der Waals surface area contributed by atoms with Crippen LogP contribution in [0.5, 0.6) is 0 Å². The number of nitrogens with zero attached hydrogens (tertiary/aromatic N) is 2. The third-order valence-electron chi connectivity index (χ3n) is 2.70. The van der Waals surface area contributed by atoms with E-state index in [-0.39, 0.29) is 10.7 Å². The van der Waals surface area contributed by atoms with Gasteiger partial charge in [-0.25, -0.2) is 0 Å². The fourth-order valence-electron chi connectivity index (χ4n) is 1.72. The summed E-state index contributed by atoms with van der Waals surface area (Å²) < 4.78 is 0. The zero-order valence-electron chi connectivity index (χ0n) is 10.3. The van der Waals surface area contributed by atoms with Gasteiger partial charge in [0.2, 0.25) is 0 Å². The second-order valence-electron chi connectivity index (χ2n) is 4.09. The fourth-order valence-corrected chi connectivity index (χ4v) is 1.97. The number of rotatable bonds is 4. The van der Waals surface area contributed by atoms with Crippen molar-refractivity contribution in [2.45, 2.75) is 6.54 Å². The van der Waals surface area contributed by atoms with Crippen molar-refractivity contribution in [3.63, 3.8) is 0 Å². The van der Waals surface area contributed by atoms with Crippen molar-refractivity contribution < 1.29 is 4.92 Å². The van der Waals surface area contributed by atoms with Crippen LogP contribution in [0.4, 0.5) is 11.4 Å². The molecule has 2 aromatic rings. The van der Waals surface area contributed by atoms with Gasteiger partial charge in [0.15, 0.2) is 0 Å². The van der Waals surface area contributed by atoms with Gasteiger partial charge in [-0.15, -0.1) is 0 Å². The number of benzene rings is 2. The van der Waals surface area contributed by atoms with Gasteiger partial charge >= 0.3 is 0 Å². The van der Waals surface area contributed by atoms with Crippen molar-refractivity contribution in [3.05, 3.63) is 68.7 Å². The lowest BCUT2D eigenvalue weighted by molar-refractivity contribution is -0.384. The Bertz CT molecular complexity index is 695. The van der Waals surface area contributed by atoms with E-state index in [0.717, 1.165) is 5.56 Å². The predicted octanol–water partition coefficient (Wildman–Crippen LogP) is 3.73. The Morgan fingerprint density at radius 3 is 2.75 bits per heavy atom. The van der Waals surface area contributed by atoms with Crippen LogP contribution < -0.4 is 5.32 Å². The van der Waals surface area contributed by atoms with Crippen LogP contribution in [-0.2, 0) is 6.54 Å². The van der Waals surface area contributed by atoms with Crippen molar-refractivity contribution >= 4 is 23.0 Å². The summed E-state index contributed by atoms with van der Waals surface area (Å²) in [6.45, 7) is 0.504. The van der Waals surface area contributed by atoms with Gasteiger partial charge in [0.1, 0.15) is 5.02 Å². The van der Waals surface area contributed by atoms with Crippen LogP contribution in [0.25, 0.3) is 0 Å². The normalized spacial score (nSPS) is 9.80. The zero-order chi connectivity index (χ0) is 14.5. The van der Waals surface area contributed by atoms with Crippen molar-refractivity contribution in [1.29, 1.82) is 5.26 Å². The minimum Gasteiger partial charge on any atom is -0.381 e. The Hall–Kier alpha value is -2.58. The number of halogens is 1. The molecular weight excluding hydrogens is 278 g/mol. The molecule has 0 saturated heterocycles. The van der Waals surface area contributed by atoms with Crippen LogP contribution in [0.2, 0.25) is 5.02 Å². The molecule has 5 nitrogen and oxygen atoms in total. The smallest absolute Gasteiger partial charge is 0.288 e. The maximum atomic E-state index is 10.7. The molecule has 20 heavy (non-hydrogen) atoms. The quantitative estimate of drug-likeness (QED) is 0.686. The Labute approximate surface area is 120 Å². The Kier molecular flexibility index (Phi) is 4.18. The highest BCUT2D eigenvalue weighted by atomic mass is 35.5. The fraction of sp³-hybridized carbons (Fsp3) is 0.0714. The molecule has 0 amide bonds. The summed E-state index contributed by atoms with van der Waals surface area (Å²) in [7, 11) is 0. The van der Waals surface area contributed by atoms with Crippen LogP contribution in [-0.4, -0.2) is 4.92 Å². The average Bonchev–Trinajstić information content (AvgIpc) is 2.45. The first-order valence-electron chi connectivity index (χ1n) is 5.77. The molecule has 2 rings (SSSR count). The summed E-state index contributed by atoms with van der Waals surface area (Å²) in [5.74, 6) is 0. The molecule has 0 spiro atoms.